The van der Waals surface area contributed by atoms with Gasteiger partial charge in [0.15, 0.2) is 6.10 Å². The third-order valence-electron chi connectivity index (χ3n) is 5.90. The summed E-state index contributed by atoms with van der Waals surface area (Å²) in [5, 5.41) is 21.1. The first kappa shape index (κ1) is 23.2. The van der Waals surface area contributed by atoms with Gasteiger partial charge in [0.1, 0.15) is 18.2 Å². The molecule has 2 aliphatic rings. The molecule has 1 aliphatic heterocycles. The van der Waals surface area contributed by atoms with Crippen LogP contribution in [0.25, 0.3) is 11.1 Å². The van der Waals surface area contributed by atoms with Gasteiger partial charge in [-0.25, -0.2) is 8.78 Å². The van der Waals surface area contributed by atoms with Crippen LogP contribution in [0.3, 0.4) is 0 Å². The molecular formula is C25H22F2N4O3. The van der Waals surface area contributed by atoms with Crippen LogP contribution in [0, 0.1) is 28.6 Å². The summed E-state index contributed by atoms with van der Waals surface area (Å²) in [5.74, 6) is -3.88. The fourth-order valence-corrected chi connectivity index (χ4v) is 3.88. The molecule has 1 aliphatic carbocycles. The first-order valence-corrected chi connectivity index (χ1v) is 11.0. The zero-order valence-electron chi connectivity index (χ0n) is 18.3. The highest BCUT2D eigenvalue weighted by atomic mass is 19.3. The second-order valence-corrected chi connectivity index (χ2v) is 8.47. The molecule has 0 unspecified atom stereocenters. The van der Waals surface area contributed by atoms with Crippen molar-refractivity contribution in [2.45, 2.75) is 37.7 Å². The number of rotatable bonds is 6. The molecule has 1 N–H and O–H groups in total. The number of carbonyl (C=O) groups excluding carboxylic acids is 2. The lowest BCUT2D eigenvalue weighted by Gasteiger charge is -2.38. The molecule has 1 saturated heterocycles. The van der Waals surface area contributed by atoms with E-state index >= 15 is 0 Å². The van der Waals surface area contributed by atoms with E-state index in [1.54, 1.807) is 36.4 Å². The monoisotopic (exact) mass is 464 g/mol. The molecule has 0 aromatic heterocycles. The van der Waals surface area contributed by atoms with Crippen LogP contribution in [0.15, 0.2) is 42.5 Å². The van der Waals surface area contributed by atoms with Crippen LogP contribution < -0.4 is 10.1 Å². The van der Waals surface area contributed by atoms with Gasteiger partial charge < -0.3 is 15.0 Å². The topological polar surface area (TPSA) is 106 Å². The van der Waals surface area contributed by atoms with Crippen molar-refractivity contribution < 1.29 is 23.1 Å². The van der Waals surface area contributed by atoms with Crippen molar-refractivity contribution >= 4 is 17.5 Å². The Morgan fingerprint density at radius 1 is 1.12 bits per heavy atom. The van der Waals surface area contributed by atoms with Gasteiger partial charge in [-0.15, -0.1) is 0 Å². The maximum Gasteiger partial charge on any atom is 0.301 e. The Labute approximate surface area is 195 Å². The van der Waals surface area contributed by atoms with Crippen molar-refractivity contribution in [2.24, 2.45) is 5.92 Å². The van der Waals surface area contributed by atoms with Gasteiger partial charge in [-0.2, -0.15) is 10.5 Å². The number of ether oxygens (including phenoxy) is 1. The lowest BCUT2D eigenvalue weighted by Crippen LogP contribution is -2.55. The molecule has 7 nitrogen and oxygen atoms in total. The van der Waals surface area contributed by atoms with Gasteiger partial charge in [-0.05, 0) is 48.2 Å². The summed E-state index contributed by atoms with van der Waals surface area (Å²) >= 11 is 0. The van der Waals surface area contributed by atoms with Crippen LogP contribution in [-0.2, 0) is 9.59 Å². The fourth-order valence-electron chi connectivity index (χ4n) is 3.88. The molecule has 34 heavy (non-hydrogen) atoms. The summed E-state index contributed by atoms with van der Waals surface area (Å²) in [6.07, 6.45) is -0.288. The highest BCUT2D eigenvalue weighted by Gasteiger charge is 2.47. The highest BCUT2D eigenvalue weighted by molar-refractivity contribution is 5.94. The number of nitrogens with zero attached hydrogens (tertiary/aromatic N) is 3. The lowest BCUT2D eigenvalue weighted by molar-refractivity contribution is -0.159. The Balaban J connectivity index is 1.49. The van der Waals surface area contributed by atoms with Crippen LogP contribution in [0.1, 0.15) is 31.2 Å². The molecule has 9 heteroatoms. The summed E-state index contributed by atoms with van der Waals surface area (Å²) in [7, 11) is 0. The predicted molar refractivity (Wildman–Crippen MR) is 119 cm³/mol. The Kier molecular flexibility index (Phi) is 6.47. The first-order valence-electron chi connectivity index (χ1n) is 11.0. The standard InChI is InChI=1S/C25H22F2N4O3/c26-25(27)15-31(23(32)8-10-28)11-9-22(25)34-21-7-6-18(12-19(21)14-29)17-2-1-3-20(13-17)30-24(33)16-4-5-16/h1-3,6-7,12-13,16,22H,4-5,8-9,11,15H2,(H,30,33)/t22-/m0/s1. The molecule has 1 saturated carbocycles. The summed E-state index contributed by atoms with van der Waals surface area (Å²) in [6, 6.07) is 15.6. The van der Waals surface area contributed by atoms with Gasteiger partial charge in [-0.1, -0.05) is 18.2 Å². The number of alkyl halides is 2. The summed E-state index contributed by atoms with van der Waals surface area (Å²) in [4.78, 5) is 24.8. The van der Waals surface area contributed by atoms with Gasteiger partial charge in [0.2, 0.25) is 11.8 Å². The van der Waals surface area contributed by atoms with Gasteiger partial charge in [0.05, 0.1) is 18.2 Å². The van der Waals surface area contributed by atoms with Crippen molar-refractivity contribution in [2.75, 3.05) is 18.4 Å². The largest absolute Gasteiger partial charge is 0.483 e. The van der Waals surface area contributed by atoms with Crippen LogP contribution in [0.2, 0.25) is 0 Å². The molecular weight excluding hydrogens is 442 g/mol. The van der Waals surface area contributed by atoms with E-state index in [9.17, 15) is 23.6 Å². The van der Waals surface area contributed by atoms with E-state index in [1.165, 1.54) is 6.07 Å². The third kappa shape index (κ3) is 5.15. The molecule has 0 radical (unpaired) electrons. The molecule has 4 rings (SSSR count). The Morgan fingerprint density at radius 2 is 1.88 bits per heavy atom. The van der Waals surface area contributed by atoms with Gasteiger partial charge in [-0.3, -0.25) is 9.59 Å². The molecule has 2 amide bonds. The van der Waals surface area contributed by atoms with E-state index in [-0.39, 0.29) is 36.1 Å². The van der Waals surface area contributed by atoms with E-state index in [0.717, 1.165) is 23.3 Å². The van der Waals surface area contributed by atoms with E-state index in [0.29, 0.717) is 11.3 Å². The minimum atomic E-state index is -3.33. The number of likely N-dealkylation sites (tertiary alicyclic amines) is 1. The van der Waals surface area contributed by atoms with Crippen LogP contribution in [0.5, 0.6) is 5.75 Å². The normalized spacial score (nSPS) is 18.9. The number of benzene rings is 2. The zero-order valence-corrected chi connectivity index (χ0v) is 18.3. The summed E-state index contributed by atoms with van der Waals surface area (Å²) < 4.78 is 34.9. The predicted octanol–water partition coefficient (Wildman–Crippen LogP) is 4.10. The van der Waals surface area contributed by atoms with Crippen LogP contribution in [-0.4, -0.2) is 41.8 Å². The maximum absolute atomic E-state index is 14.7. The minimum absolute atomic E-state index is 0.0140. The van der Waals surface area contributed by atoms with E-state index < -0.39 is 30.9 Å². The molecule has 2 aromatic rings. The van der Waals surface area contributed by atoms with Crippen molar-refractivity contribution in [3.05, 3.63) is 48.0 Å². The second-order valence-electron chi connectivity index (χ2n) is 8.47. The number of hydrogen-bond acceptors (Lipinski definition) is 5. The maximum atomic E-state index is 14.7. The lowest BCUT2D eigenvalue weighted by atomic mass is 10.0. The number of halogens is 2. The molecule has 2 aromatic carbocycles. The smallest absolute Gasteiger partial charge is 0.301 e. The van der Waals surface area contributed by atoms with E-state index in [1.807, 2.05) is 12.1 Å². The van der Waals surface area contributed by atoms with Crippen molar-refractivity contribution in [1.29, 1.82) is 10.5 Å². The first-order chi connectivity index (χ1) is 16.3. The number of nitriles is 2. The number of piperidine rings is 1. The zero-order chi connectivity index (χ0) is 24.3. The van der Waals surface area contributed by atoms with Gasteiger partial charge in [0.25, 0.3) is 0 Å². The molecule has 0 spiro atoms. The number of anilines is 1. The quantitative estimate of drug-likeness (QED) is 0.693. The second kappa shape index (κ2) is 9.48. The molecule has 0 bridgehead atoms. The average molecular weight is 464 g/mol. The summed E-state index contributed by atoms with van der Waals surface area (Å²) in [6.45, 7) is -0.794. The number of carbonyl (C=O) groups is 2. The number of hydrogen-bond donors (Lipinski definition) is 1. The van der Waals surface area contributed by atoms with Crippen molar-refractivity contribution in [1.82, 2.24) is 4.90 Å². The fraction of sp³-hybridized carbons (Fsp3) is 0.360. The van der Waals surface area contributed by atoms with E-state index in [2.05, 4.69) is 5.32 Å². The van der Waals surface area contributed by atoms with Crippen LogP contribution in [0.4, 0.5) is 14.5 Å². The molecule has 2 fully saturated rings. The van der Waals surface area contributed by atoms with E-state index in [4.69, 9.17) is 10.00 Å². The average Bonchev–Trinajstić information content (AvgIpc) is 3.66. The minimum Gasteiger partial charge on any atom is -0.483 e. The van der Waals surface area contributed by atoms with Crippen molar-refractivity contribution in [3.63, 3.8) is 0 Å². The molecule has 1 atom stereocenters. The molecule has 174 valence electrons. The Morgan fingerprint density at radius 3 is 2.56 bits per heavy atom. The van der Waals surface area contributed by atoms with Crippen LogP contribution >= 0.6 is 0 Å². The van der Waals surface area contributed by atoms with Gasteiger partial charge >= 0.3 is 5.92 Å². The number of nitrogens with one attached hydrogen (secondary N) is 1. The SMILES string of the molecule is N#CCC(=O)N1CC[C@H](Oc2ccc(-c3cccc(NC(=O)C4CC4)c3)cc2C#N)C(F)(F)C1. The highest BCUT2D eigenvalue weighted by Crippen LogP contribution is 2.35. The van der Waals surface area contributed by atoms with Gasteiger partial charge in [0, 0.05) is 24.6 Å². The van der Waals surface area contributed by atoms with Crippen molar-refractivity contribution in [3.8, 4) is 29.0 Å². The molecule has 1 heterocycles. The third-order valence-corrected chi connectivity index (χ3v) is 5.90. The Hall–Kier alpha value is -3.98. The Bertz CT molecular complexity index is 1200. The summed E-state index contributed by atoms with van der Waals surface area (Å²) in [5.41, 5.74) is 2.18. The number of amides is 2.